The fourth-order valence-corrected chi connectivity index (χ4v) is 1.85. The molecule has 1 aromatic heterocycles. The van der Waals surface area contributed by atoms with Crippen molar-refractivity contribution in [3.05, 3.63) is 30.1 Å². The van der Waals surface area contributed by atoms with Crippen molar-refractivity contribution < 1.29 is 4.55 Å². The van der Waals surface area contributed by atoms with E-state index in [4.69, 9.17) is 0 Å². The number of pyridine rings is 1. The second-order valence-corrected chi connectivity index (χ2v) is 6.50. The Morgan fingerprint density at radius 1 is 1.47 bits per heavy atom. The van der Waals surface area contributed by atoms with Gasteiger partial charge in [0.1, 0.15) is 4.75 Å². The first kappa shape index (κ1) is 12.5. The smallest absolute Gasteiger partial charge is 0.136 e. The van der Waals surface area contributed by atoms with Gasteiger partial charge in [-0.05, 0) is 39.3 Å². The second kappa shape index (κ2) is 4.96. The Hall–Kier alpha value is -0.580. The van der Waals surface area contributed by atoms with Gasteiger partial charge in [0, 0.05) is 23.8 Å². The van der Waals surface area contributed by atoms with E-state index >= 15 is 0 Å². The third-order valence-corrected chi connectivity index (χ3v) is 3.70. The molecule has 15 heavy (non-hydrogen) atoms. The first-order valence-corrected chi connectivity index (χ1v) is 6.14. The minimum absolute atomic E-state index is 0.0544. The summed E-state index contributed by atoms with van der Waals surface area (Å²) in [4.78, 5) is 4.04. The molecule has 4 heteroatoms. The molecule has 1 unspecified atom stereocenters. The highest BCUT2D eigenvalue weighted by Gasteiger charge is 2.28. The van der Waals surface area contributed by atoms with Crippen molar-refractivity contribution in [3.63, 3.8) is 0 Å². The number of nitrogens with one attached hydrogen (secondary N) is 1. The molecule has 3 nitrogen and oxygen atoms in total. The lowest BCUT2D eigenvalue weighted by molar-refractivity contribution is 0.531. The van der Waals surface area contributed by atoms with Gasteiger partial charge in [-0.3, -0.25) is 4.98 Å². The van der Waals surface area contributed by atoms with Crippen molar-refractivity contribution in [1.82, 2.24) is 9.71 Å². The summed E-state index contributed by atoms with van der Waals surface area (Å²) in [5.41, 5.74) is 1.05. The van der Waals surface area contributed by atoms with Crippen LogP contribution in [0.15, 0.2) is 24.5 Å². The third kappa shape index (κ3) is 3.81. The van der Waals surface area contributed by atoms with Gasteiger partial charge in [-0.25, -0.2) is 0 Å². The molecule has 0 aliphatic rings. The van der Waals surface area contributed by atoms with Crippen LogP contribution in [-0.4, -0.2) is 14.3 Å². The highest BCUT2D eigenvalue weighted by Crippen LogP contribution is 2.18. The van der Waals surface area contributed by atoms with Crippen LogP contribution in [0.2, 0.25) is 0 Å². The molecule has 0 aliphatic carbocycles. The van der Waals surface area contributed by atoms with Crippen LogP contribution in [0.25, 0.3) is 0 Å². The van der Waals surface area contributed by atoms with E-state index in [0.29, 0.717) is 0 Å². The molecule has 0 fully saturated rings. The lowest BCUT2D eigenvalue weighted by Gasteiger charge is -2.26. The maximum absolute atomic E-state index is 11.8. The zero-order valence-corrected chi connectivity index (χ0v) is 10.5. The average molecular weight is 226 g/mol. The fourth-order valence-electron chi connectivity index (χ4n) is 1.04. The van der Waals surface area contributed by atoms with E-state index in [1.165, 1.54) is 0 Å². The van der Waals surface area contributed by atoms with Crippen LogP contribution in [0.5, 0.6) is 0 Å². The average Bonchev–Trinajstić information content (AvgIpc) is 2.17. The molecular weight excluding hydrogens is 208 g/mol. The molecule has 0 spiro atoms. The van der Waals surface area contributed by atoms with Crippen LogP contribution in [0.3, 0.4) is 0 Å². The molecule has 0 amide bonds. The predicted molar refractivity (Wildman–Crippen MR) is 63.7 cm³/mol. The molecule has 0 aliphatic heterocycles. The fraction of sp³-hybridized carbons (Fsp3) is 0.545. The lowest BCUT2D eigenvalue weighted by Crippen LogP contribution is -2.40. The minimum Gasteiger partial charge on any atom is -0.598 e. The first-order valence-electron chi connectivity index (χ1n) is 4.99. The Labute approximate surface area is 94.6 Å². The minimum atomic E-state index is -1.05. The molecular formula is C11H18N2OS. The predicted octanol–water partition coefficient (Wildman–Crippen LogP) is 2.19. The standard InChI is InChI=1S/C11H18N2OS/c1-9(10-6-5-7-12-8-10)13-15(14)11(2,3)4/h5-9,13H,1-4H3/t9-,15?/m0/s1. The Bertz CT molecular complexity index is 297. The summed E-state index contributed by atoms with van der Waals surface area (Å²) in [6.45, 7) is 7.84. The van der Waals surface area contributed by atoms with Crippen LogP contribution in [0.1, 0.15) is 39.3 Å². The van der Waals surface area contributed by atoms with Gasteiger partial charge in [-0.2, -0.15) is 0 Å². The molecule has 0 bridgehead atoms. The van der Waals surface area contributed by atoms with Crippen molar-refractivity contribution in [2.75, 3.05) is 0 Å². The number of aromatic nitrogens is 1. The molecule has 1 heterocycles. The van der Waals surface area contributed by atoms with E-state index in [9.17, 15) is 4.55 Å². The van der Waals surface area contributed by atoms with Gasteiger partial charge in [-0.1, -0.05) is 6.07 Å². The SMILES string of the molecule is C[C@H](N[S+]([O-])C(C)(C)C)c1cccnc1. The van der Waals surface area contributed by atoms with Crippen molar-refractivity contribution in [2.24, 2.45) is 0 Å². The van der Waals surface area contributed by atoms with Crippen molar-refractivity contribution >= 4 is 11.4 Å². The van der Waals surface area contributed by atoms with Crippen molar-refractivity contribution in [1.29, 1.82) is 0 Å². The van der Waals surface area contributed by atoms with Gasteiger partial charge in [0.05, 0.1) is 6.04 Å². The van der Waals surface area contributed by atoms with Crippen LogP contribution >= 0.6 is 0 Å². The zero-order valence-electron chi connectivity index (χ0n) is 9.65. The molecule has 2 atom stereocenters. The number of nitrogens with zero attached hydrogens (tertiary/aromatic N) is 1. The molecule has 1 N–H and O–H groups in total. The van der Waals surface area contributed by atoms with E-state index in [-0.39, 0.29) is 10.8 Å². The maximum Gasteiger partial charge on any atom is 0.136 e. The molecule has 1 aromatic rings. The van der Waals surface area contributed by atoms with Crippen molar-refractivity contribution in [2.45, 2.75) is 38.5 Å². The number of rotatable bonds is 3. The van der Waals surface area contributed by atoms with Crippen molar-refractivity contribution in [3.8, 4) is 0 Å². The van der Waals surface area contributed by atoms with Gasteiger partial charge in [0.2, 0.25) is 0 Å². The zero-order chi connectivity index (χ0) is 11.5. The number of hydrogen-bond donors (Lipinski definition) is 1. The summed E-state index contributed by atoms with van der Waals surface area (Å²) in [6, 6.07) is 3.91. The highest BCUT2D eigenvalue weighted by atomic mass is 32.2. The summed E-state index contributed by atoms with van der Waals surface area (Å²) in [5.74, 6) is 0. The monoisotopic (exact) mass is 226 g/mol. The summed E-state index contributed by atoms with van der Waals surface area (Å²) in [5, 5.41) is 0. The van der Waals surface area contributed by atoms with Gasteiger partial charge in [0.15, 0.2) is 0 Å². The molecule has 0 radical (unpaired) electrons. The van der Waals surface area contributed by atoms with Gasteiger partial charge >= 0.3 is 0 Å². The molecule has 84 valence electrons. The molecule has 1 rings (SSSR count). The summed E-state index contributed by atoms with van der Waals surface area (Å²) in [7, 11) is 0. The van der Waals surface area contributed by atoms with Crippen LogP contribution in [0.4, 0.5) is 0 Å². The van der Waals surface area contributed by atoms with Gasteiger partial charge in [0.25, 0.3) is 0 Å². The third-order valence-electron chi connectivity index (χ3n) is 2.02. The molecule has 0 saturated heterocycles. The Balaban J connectivity index is 2.61. The number of hydrogen-bond acceptors (Lipinski definition) is 3. The quantitative estimate of drug-likeness (QED) is 0.804. The van der Waals surface area contributed by atoms with Gasteiger partial charge in [-0.15, -0.1) is 4.72 Å². The summed E-state index contributed by atoms with van der Waals surface area (Å²) < 4.78 is 14.7. The van der Waals surface area contributed by atoms with E-state index in [1.807, 2.05) is 39.8 Å². The van der Waals surface area contributed by atoms with Crippen LogP contribution in [0, 0.1) is 0 Å². The molecule has 0 saturated carbocycles. The maximum atomic E-state index is 11.8. The topological polar surface area (TPSA) is 48.0 Å². The largest absolute Gasteiger partial charge is 0.598 e. The Morgan fingerprint density at radius 2 is 2.13 bits per heavy atom. The van der Waals surface area contributed by atoms with E-state index in [0.717, 1.165) is 5.56 Å². The normalized spacial score (nSPS) is 16.1. The second-order valence-electron chi connectivity index (χ2n) is 4.51. The van der Waals surface area contributed by atoms with Gasteiger partial charge < -0.3 is 4.55 Å². The highest BCUT2D eigenvalue weighted by molar-refractivity contribution is 7.90. The van der Waals surface area contributed by atoms with E-state index < -0.39 is 11.4 Å². The molecule has 0 aromatic carbocycles. The van der Waals surface area contributed by atoms with E-state index in [2.05, 4.69) is 9.71 Å². The first-order chi connectivity index (χ1) is 6.91. The Kier molecular flexibility index (Phi) is 4.13. The summed E-state index contributed by atoms with van der Waals surface area (Å²) in [6.07, 6.45) is 3.52. The van der Waals surface area contributed by atoms with E-state index in [1.54, 1.807) is 12.4 Å². The van der Waals surface area contributed by atoms with Crippen LogP contribution in [-0.2, 0) is 11.4 Å². The summed E-state index contributed by atoms with van der Waals surface area (Å²) >= 11 is -1.05. The Morgan fingerprint density at radius 3 is 2.60 bits per heavy atom. The lowest BCUT2D eigenvalue weighted by atomic mass is 10.2. The van der Waals surface area contributed by atoms with Crippen LogP contribution < -0.4 is 4.72 Å².